The van der Waals surface area contributed by atoms with Crippen molar-refractivity contribution in [2.24, 2.45) is 5.84 Å². The number of hydrazine groups is 1. The minimum Gasteiger partial charge on any atom is -0.392 e. The van der Waals surface area contributed by atoms with E-state index in [-0.39, 0.29) is 12.2 Å². The molecule has 0 aliphatic heterocycles. The van der Waals surface area contributed by atoms with Gasteiger partial charge >= 0.3 is 0 Å². The average Bonchev–Trinajstić information content (AvgIpc) is 2.36. The van der Waals surface area contributed by atoms with E-state index in [2.05, 4.69) is 5.43 Å². The molecule has 0 bridgehead atoms. The van der Waals surface area contributed by atoms with Gasteiger partial charge in [-0.25, -0.2) is 8.42 Å². The fourth-order valence-corrected chi connectivity index (χ4v) is 2.99. The molecule has 0 aliphatic carbocycles. The number of hydrogen-bond acceptors (Lipinski definition) is 7. The van der Waals surface area contributed by atoms with E-state index >= 15 is 0 Å². The van der Waals surface area contributed by atoms with E-state index in [9.17, 15) is 23.6 Å². The van der Waals surface area contributed by atoms with Crippen molar-refractivity contribution in [1.29, 1.82) is 0 Å². The van der Waals surface area contributed by atoms with Gasteiger partial charge < -0.3 is 10.5 Å². The van der Waals surface area contributed by atoms with Crippen LogP contribution >= 0.6 is 0 Å². The van der Waals surface area contributed by atoms with Crippen LogP contribution in [0.1, 0.15) is 6.92 Å². The summed E-state index contributed by atoms with van der Waals surface area (Å²) in [5.41, 5.74) is 1.84. The molecule has 112 valence electrons. The molecule has 1 atom stereocenters. The van der Waals surface area contributed by atoms with Gasteiger partial charge in [-0.1, -0.05) is 0 Å². The molecular formula is C10H16N4O5S. The Morgan fingerprint density at radius 1 is 1.55 bits per heavy atom. The number of aliphatic hydroxyl groups excluding tert-OH is 1. The van der Waals surface area contributed by atoms with Gasteiger partial charge in [0.05, 0.1) is 16.7 Å². The summed E-state index contributed by atoms with van der Waals surface area (Å²) in [6.45, 7) is 1.25. The summed E-state index contributed by atoms with van der Waals surface area (Å²) in [5, 5.41) is 20.2. The van der Waals surface area contributed by atoms with E-state index in [1.54, 1.807) is 0 Å². The monoisotopic (exact) mass is 304 g/mol. The Balaban J connectivity index is 3.34. The van der Waals surface area contributed by atoms with Crippen LogP contribution < -0.4 is 11.3 Å². The third kappa shape index (κ3) is 3.42. The lowest BCUT2D eigenvalue weighted by Gasteiger charge is -2.18. The molecule has 0 amide bonds. The highest BCUT2D eigenvalue weighted by molar-refractivity contribution is 7.89. The van der Waals surface area contributed by atoms with Gasteiger partial charge in [0.1, 0.15) is 0 Å². The number of nitrogens with zero attached hydrogens (tertiary/aromatic N) is 2. The molecule has 0 fully saturated rings. The van der Waals surface area contributed by atoms with Gasteiger partial charge in [0.25, 0.3) is 5.69 Å². The van der Waals surface area contributed by atoms with Gasteiger partial charge in [0.2, 0.25) is 10.0 Å². The number of hydrogen-bond donors (Lipinski definition) is 3. The fourth-order valence-electron chi connectivity index (χ4n) is 1.61. The Labute approximate surface area is 116 Å². The lowest BCUT2D eigenvalue weighted by atomic mass is 10.3. The highest BCUT2D eigenvalue weighted by Crippen LogP contribution is 2.28. The Morgan fingerprint density at radius 2 is 2.15 bits per heavy atom. The molecule has 1 aromatic rings. The van der Waals surface area contributed by atoms with Gasteiger partial charge in [-0.05, 0) is 19.1 Å². The normalized spacial score (nSPS) is 13.2. The molecule has 0 saturated carbocycles. The summed E-state index contributed by atoms with van der Waals surface area (Å²) in [7, 11) is -2.83. The van der Waals surface area contributed by atoms with E-state index in [1.165, 1.54) is 20.0 Å². The van der Waals surface area contributed by atoms with Crippen molar-refractivity contribution < 1.29 is 18.4 Å². The molecule has 0 spiro atoms. The van der Waals surface area contributed by atoms with Gasteiger partial charge in [-0.15, -0.1) is 0 Å². The van der Waals surface area contributed by atoms with Gasteiger partial charge in [0, 0.05) is 19.7 Å². The van der Waals surface area contributed by atoms with Crippen LogP contribution in [0.15, 0.2) is 23.1 Å². The maximum Gasteiger partial charge on any atom is 0.291 e. The zero-order chi connectivity index (χ0) is 15.5. The molecule has 4 N–H and O–H groups in total. The average molecular weight is 304 g/mol. The summed E-state index contributed by atoms with van der Waals surface area (Å²) >= 11 is 0. The maximum atomic E-state index is 12.3. The highest BCUT2D eigenvalue weighted by atomic mass is 32.2. The Morgan fingerprint density at radius 3 is 2.60 bits per heavy atom. The lowest BCUT2D eigenvalue weighted by molar-refractivity contribution is -0.387. The summed E-state index contributed by atoms with van der Waals surface area (Å²) < 4.78 is 25.4. The molecule has 20 heavy (non-hydrogen) atoms. The number of anilines is 1. The van der Waals surface area contributed by atoms with Crippen LogP contribution in [-0.2, 0) is 10.0 Å². The number of nitro groups is 1. The van der Waals surface area contributed by atoms with Crippen molar-refractivity contribution in [2.45, 2.75) is 17.9 Å². The first-order chi connectivity index (χ1) is 9.20. The van der Waals surface area contributed by atoms with Crippen LogP contribution in [0.5, 0.6) is 0 Å². The fraction of sp³-hybridized carbons (Fsp3) is 0.400. The molecule has 1 aromatic carbocycles. The number of sulfonamides is 1. The molecule has 10 heteroatoms. The Hall–Kier alpha value is -1.75. The number of likely N-dealkylation sites (N-methyl/N-ethyl adjacent to an activating group) is 1. The number of nitrogens with two attached hydrogens (primary N) is 1. The first-order valence-electron chi connectivity index (χ1n) is 5.59. The minimum atomic E-state index is -4.07. The van der Waals surface area contributed by atoms with Crippen molar-refractivity contribution in [3.05, 3.63) is 28.3 Å². The first-order valence-corrected chi connectivity index (χ1v) is 7.03. The third-order valence-corrected chi connectivity index (χ3v) is 4.40. The van der Waals surface area contributed by atoms with E-state index in [4.69, 9.17) is 5.84 Å². The zero-order valence-corrected chi connectivity index (χ0v) is 11.8. The second kappa shape index (κ2) is 6.13. The van der Waals surface area contributed by atoms with Gasteiger partial charge in [-0.3, -0.25) is 16.0 Å². The summed E-state index contributed by atoms with van der Waals surface area (Å²) in [6, 6.07) is 3.44. The van der Waals surface area contributed by atoms with Gasteiger partial charge in [0.15, 0.2) is 4.90 Å². The number of nitrogens with one attached hydrogen (secondary N) is 1. The van der Waals surface area contributed by atoms with Crippen LogP contribution in [0.2, 0.25) is 0 Å². The highest BCUT2D eigenvalue weighted by Gasteiger charge is 2.30. The van der Waals surface area contributed by atoms with Crippen molar-refractivity contribution in [2.75, 3.05) is 19.0 Å². The third-order valence-electron chi connectivity index (χ3n) is 2.53. The standard InChI is InChI=1S/C10H16N4O5S/c1-7(15)6-13(2)20(18,19)10-4-3-8(12-11)5-9(10)14(16)17/h3-5,7,12,15H,6,11H2,1-2H3. The minimum absolute atomic E-state index is 0.170. The van der Waals surface area contributed by atoms with Crippen molar-refractivity contribution in [3.63, 3.8) is 0 Å². The first kappa shape index (κ1) is 16.3. The number of nitro benzene ring substituents is 1. The van der Waals surface area contributed by atoms with Crippen LogP contribution in [0, 0.1) is 10.1 Å². The molecule has 1 rings (SSSR count). The maximum absolute atomic E-state index is 12.3. The Bertz CT molecular complexity index is 602. The van der Waals surface area contributed by atoms with Crippen LogP contribution in [0.25, 0.3) is 0 Å². The molecule has 0 radical (unpaired) electrons. The number of aliphatic hydroxyl groups is 1. The second-order valence-corrected chi connectivity index (χ2v) is 6.23. The van der Waals surface area contributed by atoms with E-state index in [0.29, 0.717) is 0 Å². The predicted molar refractivity (Wildman–Crippen MR) is 72.4 cm³/mol. The molecule has 1 unspecified atom stereocenters. The van der Waals surface area contributed by atoms with Crippen molar-refractivity contribution >= 4 is 21.4 Å². The molecule has 0 aromatic heterocycles. The second-order valence-electron chi connectivity index (χ2n) is 4.22. The van der Waals surface area contributed by atoms with Crippen LogP contribution in [0.3, 0.4) is 0 Å². The lowest BCUT2D eigenvalue weighted by Crippen LogP contribution is -2.33. The predicted octanol–water partition coefficient (Wildman–Crippen LogP) is -0.118. The smallest absolute Gasteiger partial charge is 0.291 e. The van der Waals surface area contributed by atoms with E-state index in [0.717, 1.165) is 16.4 Å². The summed E-state index contributed by atoms with van der Waals surface area (Å²) in [4.78, 5) is 9.73. The zero-order valence-electron chi connectivity index (χ0n) is 11.0. The number of nitrogen functional groups attached to an aromatic ring is 1. The molecule has 0 heterocycles. The van der Waals surface area contributed by atoms with Crippen molar-refractivity contribution in [3.8, 4) is 0 Å². The number of benzene rings is 1. The quantitative estimate of drug-likeness (QED) is 0.378. The molecular weight excluding hydrogens is 288 g/mol. The molecule has 9 nitrogen and oxygen atoms in total. The molecule has 0 aliphatic rings. The van der Waals surface area contributed by atoms with Crippen LogP contribution in [-0.4, -0.2) is 42.4 Å². The summed E-state index contributed by atoms with van der Waals surface area (Å²) in [5.74, 6) is 5.14. The Kier molecular flexibility index (Phi) is 5.00. The largest absolute Gasteiger partial charge is 0.392 e. The number of rotatable bonds is 6. The molecule has 0 saturated heterocycles. The van der Waals surface area contributed by atoms with E-state index < -0.39 is 31.6 Å². The van der Waals surface area contributed by atoms with E-state index in [1.807, 2.05) is 0 Å². The van der Waals surface area contributed by atoms with Crippen LogP contribution in [0.4, 0.5) is 11.4 Å². The van der Waals surface area contributed by atoms with Crippen molar-refractivity contribution in [1.82, 2.24) is 4.31 Å². The van der Waals surface area contributed by atoms with Gasteiger partial charge in [-0.2, -0.15) is 4.31 Å². The topological polar surface area (TPSA) is 139 Å². The summed E-state index contributed by atoms with van der Waals surface area (Å²) in [6.07, 6.45) is -0.890. The SMILES string of the molecule is CC(O)CN(C)S(=O)(=O)c1ccc(NN)cc1[N+](=O)[O-].